The van der Waals surface area contributed by atoms with E-state index >= 15 is 0 Å². The number of rotatable bonds is 4. The largest absolute Gasteiger partial charge is 0.393 e. The van der Waals surface area contributed by atoms with Gasteiger partial charge in [-0.25, -0.2) is 0 Å². The molecule has 3 fully saturated rings. The average Bonchev–Trinajstić information content (AvgIpc) is 2.99. The summed E-state index contributed by atoms with van der Waals surface area (Å²) in [6, 6.07) is 0. The standard InChI is InChI=1S/C27H44O/c1-18(2)19(3)7-6-8-20-10-12-24-23-11-9-21-17-22(28)13-15-27(21,5)25(23)14-16-26(20,24)4/h6-7,9,18-20,22-25,28H,8,10-17H2,1-5H3/b7-6+/t19-,20-,22-,23?,24?,25?,26+,27-/m0/s1. The number of allylic oxidation sites excluding steroid dienone is 3. The number of aliphatic hydroxyl groups excluding tert-OH is 1. The average molecular weight is 385 g/mol. The first-order valence-electron chi connectivity index (χ1n) is 12.3. The third-order valence-corrected chi connectivity index (χ3v) is 10.2. The molecule has 8 atom stereocenters. The summed E-state index contributed by atoms with van der Waals surface area (Å²) in [6.07, 6.45) is 19.0. The van der Waals surface area contributed by atoms with Crippen molar-refractivity contribution in [1.82, 2.24) is 0 Å². The fraction of sp³-hybridized carbons (Fsp3) is 0.852. The zero-order valence-corrected chi connectivity index (χ0v) is 19.1. The number of aliphatic hydroxyl groups is 1. The number of hydrogen-bond acceptors (Lipinski definition) is 1. The minimum absolute atomic E-state index is 0.0828. The summed E-state index contributed by atoms with van der Waals surface area (Å²) in [4.78, 5) is 0. The first kappa shape index (κ1) is 20.7. The normalized spacial score (nSPS) is 46.8. The van der Waals surface area contributed by atoms with Gasteiger partial charge in [0.05, 0.1) is 6.10 Å². The van der Waals surface area contributed by atoms with Crippen LogP contribution in [0, 0.1) is 46.3 Å². The molecule has 0 aromatic rings. The summed E-state index contributed by atoms with van der Waals surface area (Å²) in [6.45, 7) is 12.2. The van der Waals surface area contributed by atoms with Crippen molar-refractivity contribution in [3.05, 3.63) is 23.8 Å². The van der Waals surface area contributed by atoms with Crippen LogP contribution >= 0.6 is 0 Å². The Hall–Kier alpha value is -0.560. The van der Waals surface area contributed by atoms with Gasteiger partial charge in [0.25, 0.3) is 0 Å². The molecule has 1 N–H and O–H groups in total. The molecular weight excluding hydrogens is 340 g/mol. The van der Waals surface area contributed by atoms with Crippen LogP contribution in [0.2, 0.25) is 0 Å². The van der Waals surface area contributed by atoms with Crippen molar-refractivity contribution in [2.45, 2.75) is 98.5 Å². The molecule has 0 heterocycles. The van der Waals surface area contributed by atoms with Gasteiger partial charge in [0.15, 0.2) is 0 Å². The first-order valence-corrected chi connectivity index (χ1v) is 12.3. The van der Waals surface area contributed by atoms with Crippen molar-refractivity contribution in [3.8, 4) is 0 Å². The van der Waals surface area contributed by atoms with Crippen LogP contribution in [0.5, 0.6) is 0 Å². The molecule has 4 aliphatic carbocycles. The highest BCUT2D eigenvalue weighted by Crippen LogP contribution is 2.66. The maximum Gasteiger partial charge on any atom is 0.0577 e. The van der Waals surface area contributed by atoms with Gasteiger partial charge in [-0.2, -0.15) is 0 Å². The van der Waals surface area contributed by atoms with Gasteiger partial charge in [-0.15, -0.1) is 0 Å². The molecule has 0 amide bonds. The molecule has 0 bridgehead atoms. The minimum Gasteiger partial charge on any atom is -0.393 e. The van der Waals surface area contributed by atoms with E-state index in [1.165, 1.54) is 44.9 Å². The van der Waals surface area contributed by atoms with Gasteiger partial charge in [-0.05, 0) is 104 Å². The van der Waals surface area contributed by atoms with Crippen LogP contribution in [0.4, 0.5) is 0 Å². The molecule has 3 saturated carbocycles. The fourth-order valence-corrected chi connectivity index (χ4v) is 7.82. The van der Waals surface area contributed by atoms with Crippen LogP contribution < -0.4 is 0 Å². The second kappa shape index (κ2) is 7.60. The molecule has 3 unspecified atom stereocenters. The van der Waals surface area contributed by atoms with Crippen molar-refractivity contribution in [2.75, 3.05) is 0 Å². The second-order valence-electron chi connectivity index (χ2n) is 11.7. The summed E-state index contributed by atoms with van der Waals surface area (Å²) in [5, 5.41) is 10.2. The van der Waals surface area contributed by atoms with E-state index in [1.54, 1.807) is 5.57 Å². The molecule has 4 rings (SSSR count). The van der Waals surface area contributed by atoms with Crippen LogP contribution in [0.1, 0.15) is 92.4 Å². The summed E-state index contributed by atoms with van der Waals surface area (Å²) in [5.74, 6) is 5.02. The molecule has 0 radical (unpaired) electrons. The highest BCUT2D eigenvalue weighted by Gasteiger charge is 2.58. The Morgan fingerprint density at radius 2 is 1.86 bits per heavy atom. The minimum atomic E-state index is -0.0828. The predicted molar refractivity (Wildman–Crippen MR) is 119 cm³/mol. The van der Waals surface area contributed by atoms with Crippen LogP contribution in [0.15, 0.2) is 23.8 Å². The van der Waals surface area contributed by atoms with Crippen LogP contribution in [-0.4, -0.2) is 11.2 Å². The Bertz CT molecular complexity index is 630. The summed E-state index contributed by atoms with van der Waals surface area (Å²) in [7, 11) is 0. The maximum absolute atomic E-state index is 10.2. The quantitative estimate of drug-likeness (QED) is 0.510. The van der Waals surface area contributed by atoms with E-state index in [2.05, 4.69) is 52.8 Å². The third kappa shape index (κ3) is 3.34. The zero-order chi connectivity index (χ0) is 20.1. The highest BCUT2D eigenvalue weighted by molar-refractivity contribution is 5.25. The van der Waals surface area contributed by atoms with E-state index in [9.17, 15) is 5.11 Å². The molecule has 158 valence electrons. The number of hydrogen-bond donors (Lipinski definition) is 1. The van der Waals surface area contributed by atoms with E-state index in [-0.39, 0.29) is 6.10 Å². The second-order valence-corrected chi connectivity index (χ2v) is 11.7. The van der Waals surface area contributed by atoms with E-state index in [4.69, 9.17) is 0 Å². The van der Waals surface area contributed by atoms with Crippen LogP contribution in [0.3, 0.4) is 0 Å². The molecule has 0 aromatic carbocycles. The SMILES string of the molecule is CC(C)[C@@H](C)/C=C/C[C@H]1CCC2C3CC=C4C[C@@H](O)CC[C@]4(C)C3CC[C@@]21C. The Balaban J connectivity index is 1.49. The summed E-state index contributed by atoms with van der Waals surface area (Å²) < 4.78 is 0. The van der Waals surface area contributed by atoms with E-state index < -0.39 is 0 Å². The Morgan fingerprint density at radius 3 is 2.61 bits per heavy atom. The van der Waals surface area contributed by atoms with Gasteiger partial charge in [0.2, 0.25) is 0 Å². The van der Waals surface area contributed by atoms with Crippen molar-refractivity contribution in [3.63, 3.8) is 0 Å². The Kier molecular flexibility index (Phi) is 5.62. The van der Waals surface area contributed by atoms with Crippen LogP contribution in [0.25, 0.3) is 0 Å². The van der Waals surface area contributed by atoms with E-state index in [0.717, 1.165) is 42.4 Å². The van der Waals surface area contributed by atoms with E-state index in [0.29, 0.717) is 16.7 Å². The van der Waals surface area contributed by atoms with Gasteiger partial charge in [0, 0.05) is 0 Å². The highest BCUT2D eigenvalue weighted by atomic mass is 16.3. The van der Waals surface area contributed by atoms with Crippen molar-refractivity contribution in [1.29, 1.82) is 0 Å². The molecule has 1 heteroatoms. The molecule has 28 heavy (non-hydrogen) atoms. The Morgan fingerprint density at radius 1 is 1.07 bits per heavy atom. The van der Waals surface area contributed by atoms with Gasteiger partial charge >= 0.3 is 0 Å². The first-order chi connectivity index (χ1) is 13.3. The predicted octanol–water partition coefficient (Wildman–Crippen LogP) is 7.16. The monoisotopic (exact) mass is 384 g/mol. The van der Waals surface area contributed by atoms with Gasteiger partial charge in [-0.1, -0.05) is 58.4 Å². The van der Waals surface area contributed by atoms with Gasteiger partial charge < -0.3 is 5.11 Å². The number of fused-ring (bicyclic) bond motifs is 5. The topological polar surface area (TPSA) is 20.2 Å². The van der Waals surface area contributed by atoms with Gasteiger partial charge in [0.1, 0.15) is 0 Å². The Labute approximate surface area is 174 Å². The van der Waals surface area contributed by atoms with Crippen molar-refractivity contribution < 1.29 is 5.11 Å². The lowest BCUT2D eigenvalue weighted by atomic mass is 9.47. The smallest absolute Gasteiger partial charge is 0.0577 e. The lowest BCUT2D eigenvalue weighted by molar-refractivity contribution is -0.0492. The third-order valence-electron chi connectivity index (χ3n) is 10.2. The molecule has 0 aliphatic heterocycles. The molecule has 0 spiro atoms. The summed E-state index contributed by atoms with van der Waals surface area (Å²) >= 11 is 0. The van der Waals surface area contributed by atoms with Gasteiger partial charge in [-0.3, -0.25) is 0 Å². The lowest BCUT2D eigenvalue weighted by Crippen LogP contribution is -2.50. The van der Waals surface area contributed by atoms with Crippen molar-refractivity contribution >= 4 is 0 Å². The van der Waals surface area contributed by atoms with E-state index in [1.807, 2.05) is 0 Å². The van der Waals surface area contributed by atoms with Crippen LogP contribution in [-0.2, 0) is 0 Å². The summed E-state index contributed by atoms with van der Waals surface area (Å²) in [5.41, 5.74) is 2.55. The zero-order valence-electron chi connectivity index (χ0n) is 19.1. The fourth-order valence-electron chi connectivity index (χ4n) is 7.82. The molecule has 0 aromatic heterocycles. The molecule has 4 aliphatic rings. The maximum atomic E-state index is 10.2. The van der Waals surface area contributed by atoms with Crippen molar-refractivity contribution in [2.24, 2.45) is 46.3 Å². The molecule has 0 saturated heterocycles. The molecule has 1 nitrogen and oxygen atoms in total. The lowest BCUT2D eigenvalue weighted by Gasteiger charge is -2.58. The molecular formula is C27H44O.